The van der Waals surface area contributed by atoms with Gasteiger partial charge in [0.05, 0.1) is 29.0 Å². The highest BCUT2D eigenvalue weighted by molar-refractivity contribution is 6.31. The first-order valence-corrected chi connectivity index (χ1v) is 9.52. The number of aryl methyl sites for hydroxylation is 2. The van der Waals surface area contributed by atoms with Crippen LogP contribution in [0.5, 0.6) is 11.5 Å². The van der Waals surface area contributed by atoms with Crippen LogP contribution < -0.4 is 4.74 Å². The first-order chi connectivity index (χ1) is 14.1. The molecule has 1 aromatic heterocycles. The van der Waals surface area contributed by atoms with Crippen LogP contribution in [-0.4, -0.2) is 16.7 Å². The molecule has 0 saturated carbocycles. The zero-order valence-corrected chi connectivity index (χ0v) is 16.7. The van der Waals surface area contributed by atoms with Crippen molar-refractivity contribution in [1.82, 2.24) is 4.98 Å². The summed E-state index contributed by atoms with van der Waals surface area (Å²) in [5.74, 6) is 7.05. The van der Waals surface area contributed by atoms with Crippen molar-refractivity contribution in [3.63, 3.8) is 0 Å². The molecule has 0 amide bonds. The van der Waals surface area contributed by atoms with Crippen LogP contribution in [0.4, 0.5) is 0 Å². The molecule has 0 aliphatic carbocycles. The lowest BCUT2D eigenvalue weighted by Gasteiger charge is -2.09. The van der Waals surface area contributed by atoms with Gasteiger partial charge in [0, 0.05) is 17.3 Å². The van der Waals surface area contributed by atoms with Crippen molar-refractivity contribution in [3.8, 4) is 29.4 Å². The molecule has 0 aliphatic heterocycles. The monoisotopic (exact) mass is 402 g/mol. The lowest BCUT2D eigenvalue weighted by Crippen LogP contribution is -2.02. The normalized spacial score (nSPS) is 9.97. The van der Waals surface area contributed by atoms with E-state index in [0.29, 0.717) is 22.8 Å². The van der Waals surface area contributed by atoms with Gasteiger partial charge in [-0.25, -0.2) is 0 Å². The number of hydrogen-bond donors (Lipinski definition) is 1. The van der Waals surface area contributed by atoms with E-state index >= 15 is 0 Å². The lowest BCUT2D eigenvalue weighted by molar-refractivity contribution is 0.307. The smallest absolute Gasteiger partial charge is 0.140 e. The van der Waals surface area contributed by atoms with E-state index in [9.17, 15) is 10.4 Å². The van der Waals surface area contributed by atoms with Gasteiger partial charge < -0.3 is 9.84 Å². The number of rotatable bonds is 5. The van der Waals surface area contributed by atoms with Gasteiger partial charge in [0.15, 0.2) is 0 Å². The minimum Gasteiger partial charge on any atom is -0.508 e. The third-order valence-corrected chi connectivity index (χ3v) is 4.64. The number of phenolic OH excluding ortho intramolecular Hbond substituents is 1. The molecular formula is C24H19ClN2O2. The lowest BCUT2D eigenvalue weighted by atomic mass is 10.00. The van der Waals surface area contributed by atoms with Gasteiger partial charge in [-0.15, -0.1) is 0 Å². The van der Waals surface area contributed by atoms with Crippen LogP contribution in [0.25, 0.3) is 0 Å². The van der Waals surface area contributed by atoms with Gasteiger partial charge in [-0.2, -0.15) is 5.26 Å². The summed E-state index contributed by atoms with van der Waals surface area (Å²) in [6, 6.07) is 16.1. The quantitative estimate of drug-likeness (QED) is 0.480. The summed E-state index contributed by atoms with van der Waals surface area (Å²) >= 11 is 6.13. The highest BCUT2D eigenvalue weighted by atomic mass is 35.5. The molecule has 0 spiro atoms. The molecule has 3 aromatic rings. The summed E-state index contributed by atoms with van der Waals surface area (Å²) < 4.78 is 5.81. The van der Waals surface area contributed by atoms with Crippen molar-refractivity contribution in [2.75, 3.05) is 6.61 Å². The molecule has 0 unspecified atom stereocenters. The fourth-order valence-corrected chi connectivity index (χ4v) is 3.02. The average Bonchev–Trinajstić information content (AvgIpc) is 2.72. The van der Waals surface area contributed by atoms with Crippen molar-refractivity contribution in [1.29, 1.82) is 5.26 Å². The molecule has 3 rings (SSSR count). The molecule has 0 fully saturated rings. The molecule has 1 N–H and O–H groups in total. The second-order valence-electron chi connectivity index (χ2n) is 6.44. The number of halogens is 1. The Morgan fingerprint density at radius 2 is 1.90 bits per heavy atom. The van der Waals surface area contributed by atoms with Crippen molar-refractivity contribution < 1.29 is 9.84 Å². The summed E-state index contributed by atoms with van der Waals surface area (Å²) in [4.78, 5) is 4.21. The number of aromatic nitrogens is 1. The number of nitrogens with zero attached hydrogens (tertiary/aromatic N) is 2. The predicted octanol–water partition coefficient (Wildman–Crippen LogP) is 5.03. The molecule has 1 heterocycles. The second-order valence-corrected chi connectivity index (χ2v) is 6.84. The molecule has 144 valence electrons. The maximum atomic E-state index is 9.47. The van der Waals surface area contributed by atoms with E-state index in [1.165, 1.54) is 6.07 Å². The summed E-state index contributed by atoms with van der Waals surface area (Å²) in [6.45, 7) is 2.45. The number of aromatic hydroxyl groups is 1. The maximum Gasteiger partial charge on any atom is 0.140 e. The molecule has 5 heteroatoms. The number of phenols is 1. The summed E-state index contributed by atoms with van der Waals surface area (Å²) in [6.07, 6.45) is 3.24. The number of benzene rings is 2. The topological polar surface area (TPSA) is 66.1 Å². The fraction of sp³-hybridized carbons (Fsp3) is 0.167. The van der Waals surface area contributed by atoms with Crippen molar-refractivity contribution in [2.24, 2.45) is 0 Å². The SMILES string of the molecule is Cc1ncccc1OCCCc1cc(C#N)ccc1C#Cc1ccc(O)cc1Cl. The van der Waals surface area contributed by atoms with Gasteiger partial charge >= 0.3 is 0 Å². The minimum atomic E-state index is 0.100. The Balaban J connectivity index is 1.73. The molecule has 29 heavy (non-hydrogen) atoms. The zero-order valence-electron chi connectivity index (χ0n) is 15.9. The molecule has 0 radical (unpaired) electrons. The second kappa shape index (κ2) is 9.64. The molecule has 0 atom stereocenters. The van der Waals surface area contributed by atoms with Crippen molar-refractivity contribution >= 4 is 11.6 Å². The summed E-state index contributed by atoms with van der Waals surface area (Å²) in [5, 5.41) is 19.1. The van der Waals surface area contributed by atoms with Gasteiger partial charge in [-0.1, -0.05) is 23.4 Å². The molecule has 0 aliphatic rings. The first kappa shape index (κ1) is 20.3. The van der Waals surface area contributed by atoms with Gasteiger partial charge in [0.1, 0.15) is 11.5 Å². The van der Waals surface area contributed by atoms with E-state index in [1.54, 1.807) is 24.4 Å². The Morgan fingerprint density at radius 3 is 2.66 bits per heavy atom. The first-order valence-electron chi connectivity index (χ1n) is 9.15. The Kier molecular flexibility index (Phi) is 6.74. The average molecular weight is 403 g/mol. The molecule has 0 saturated heterocycles. The summed E-state index contributed by atoms with van der Waals surface area (Å²) in [5.41, 5.74) is 3.91. The molecule has 4 nitrogen and oxygen atoms in total. The van der Waals surface area contributed by atoms with E-state index in [1.807, 2.05) is 31.2 Å². The third-order valence-electron chi connectivity index (χ3n) is 4.33. The van der Waals surface area contributed by atoms with Gasteiger partial charge in [-0.05, 0) is 73.9 Å². The van der Waals surface area contributed by atoms with Crippen LogP contribution in [-0.2, 0) is 6.42 Å². The number of nitriles is 1. The Labute approximate surface area is 175 Å². The van der Waals surface area contributed by atoms with Crippen LogP contribution in [0.3, 0.4) is 0 Å². The van der Waals surface area contributed by atoms with Gasteiger partial charge in [0.2, 0.25) is 0 Å². The van der Waals surface area contributed by atoms with E-state index in [2.05, 4.69) is 22.9 Å². The van der Waals surface area contributed by atoms with Gasteiger partial charge in [-0.3, -0.25) is 4.98 Å². The van der Waals surface area contributed by atoms with Crippen LogP contribution >= 0.6 is 11.6 Å². The largest absolute Gasteiger partial charge is 0.508 e. The fourth-order valence-electron chi connectivity index (χ4n) is 2.80. The highest BCUT2D eigenvalue weighted by Crippen LogP contribution is 2.21. The maximum absolute atomic E-state index is 9.47. The third kappa shape index (κ3) is 5.51. The molecular weight excluding hydrogens is 384 g/mol. The molecule has 2 aromatic carbocycles. The van der Waals surface area contributed by atoms with E-state index < -0.39 is 0 Å². The highest BCUT2D eigenvalue weighted by Gasteiger charge is 2.05. The van der Waals surface area contributed by atoms with E-state index in [-0.39, 0.29) is 5.75 Å². The van der Waals surface area contributed by atoms with Crippen LogP contribution in [0.2, 0.25) is 5.02 Å². The van der Waals surface area contributed by atoms with Crippen LogP contribution in [0.1, 0.15) is 34.4 Å². The van der Waals surface area contributed by atoms with Crippen LogP contribution in [0.15, 0.2) is 54.7 Å². The number of ether oxygens (including phenoxy) is 1. The minimum absolute atomic E-state index is 0.100. The zero-order chi connectivity index (χ0) is 20.6. The Bertz CT molecular complexity index is 1120. The van der Waals surface area contributed by atoms with Crippen molar-refractivity contribution in [3.05, 3.63) is 87.7 Å². The standard InChI is InChI=1S/C24H19ClN2O2/c1-17-24(5-2-12-27-17)29-13-3-4-21-14-18(16-26)6-7-19(21)8-9-20-10-11-22(28)15-23(20)25/h2,5-7,10-12,14-15,28H,3-4,13H2,1H3. The Hall–Kier alpha value is -3.47. The number of pyridine rings is 1. The van der Waals surface area contributed by atoms with Gasteiger partial charge in [0.25, 0.3) is 0 Å². The van der Waals surface area contributed by atoms with E-state index in [0.717, 1.165) is 35.4 Å². The molecule has 0 bridgehead atoms. The predicted molar refractivity (Wildman–Crippen MR) is 113 cm³/mol. The van der Waals surface area contributed by atoms with Crippen LogP contribution in [0, 0.1) is 30.1 Å². The summed E-state index contributed by atoms with van der Waals surface area (Å²) in [7, 11) is 0. The number of hydrogen-bond acceptors (Lipinski definition) is 4. The van der Waals surface area contributed by atoms with E-state index in [4.69, 9.17) is 16.3 Å². The van der Waals surface area contributed by atoms with Crippen molar-refractivity contribution in [2.45, 2.75) is 19.8 Å². The Morgan fingerprint density at radius 1 is 1.10 bits per heavy atom.